The van der Waals surface area contributed by atoms with Gasteiger partial charge >= 0.3 is 0 Å². The first kappa shape index (κ1) is 12.5. The van der Waals surface area contributed by atoms with E-state index in [-0.39, 0.29) is 5.91 Å². The molecule has 2 aliphatic rings. The summed E-state index contributed by atoms with van der Waals surface area (Å²) in [5, 5.41) is 5.04. The SMILES string of the molecule is COc1ccc2ccc3c(c2c1)OC1(CCCC1)NC3=O. The van der Waals surface area contributed by atoms with Crippen molar-refractivity contribution in [1.29, 1.82) is 0 Å². The average Bonchev–Trinajstić information content (AvgIpc) is 2.94. The van der Waals surface area contributed by atoms with Gasteiger partial charge in [-0.15, -0.1) is 0 Å². The van der Waals surface area contributed by atoms with E-state index in [0.717, 1.165) is 42.2 Å². The molecule has 0 unspecified atom stereocenters. The number of hydrogen-bond donors (Lipinski definition) is 1. The molecule has 0 atom stereocenters. The third-order valence-electron chi connectivity index (χ3n) is 4.47. The number of rotatable bonds is 1. The molecule has 2 aromatic rings. The second-order valence-electron chi connectivity index (χ2n) is 5.79. The number of carbonyl (C=O) groups is 1. The lowest BCUT2D eigenvalue weighted by Crippen LogP contribution is -2.54. The number of amides is 1. The van der Waals surface area contributed by atoms with Crippen molar-refractivity contribution in [2.45, 2.75) is 31.4 Å². The molecule has 1 saturated carbocycles. The third kappa shape index (κ3) is 1.86. The van der Waals surface area contributed by atoms with Crippen LogP contribution in [-0.2, 0) is 0 Å². The van der Waals surface area contributed by atoms with E-state index < -0.39 is 5.72 Å². The molecule has 0 aromatic heterocycles. The van der Waals surface area contributed by atoms with Crippen LogP contribution in [0.2, 0.25) is 0 Å². The van der Waals surface area contributed by atoms with E-state index in [1.54, 1.807) is 7.11 Å². The van der Waals surface area contributed by atoms with Gasteiger partial charge in [-0.3, -0.25) is 4.79 Å². The molecule has 0 radical (unpaired) electrons. The summed E-state index contributed by atoms with van der Waals surface area (Å²) < 4.78 is 11.6. The predicted octanol–water partition coefficient (Wildman–Crippen LogP) is 3.24. The van der Waals surface area contributed by atoms with Gasteiger partial charge in [0.1, 0.15) is 11.5 Å². The first-order valence-corrected chi connectivity index (χ1v) is 7.33. The van der Waals surface area contributed by atoms with Crippen LogP contribution in [-0.4, -0.2) is 18.7 Å². The number of fused-ring (bicyclic) bond motifs is 3. The van der Waals surface area contributed by atoms with Crippen LogP contribution >= 0.6 is 0 Å². The van der Waals surface area contributed by atoms with Gasteiger partial charge < -0.3 is 14.8 Å². The molecule has 2 aromatic carbocycles. The molecule has 1 aliphatic heterocycles. The Morgan fingerprint density at radius 1 is 1.19 bits per heavy atom. The van der Waals surface area contributed by atoms with Crippen LogP contribution in [0.3, 0.4) is 0 Å². The van der Waals surface area contributed by atoms with Crippen molar-refractivity contribution in [1.82, 2.24) is 5.32 Å². The summed E-state index contributed by atoms with van der Waals surface area (Å²) in [6.07, 6.45) is 3.92. The molecule has 1 heterocycles. The second-order valence-corrected chi connectivity index (χ2v) is 5.79. The van der Waals surface area contributed by atoms with Crippen LogP contribution in [0.25, 0.3) is 10.8 Å². The molecule has 4 heteroatoms. The summed E-state index contributed by atoms with van der Waals surface area (Å²) >= 11 is 0. The van der Waals surface area contributed by atoms with Gasteiger partial charge in [0.25, 0.3) is 5.91 Å². The maximum atomic E-state index is 12.4. The van der Waals surface area contributed by atoms with Crippen molar-refractivity contribution in [3.8, 4) is 11.5 Å². The summed E-state index contributed by atoms with van der Waals surface area (Å²) in [5.74, 6) is 1.42. The van der Waals surface area contributed by atoms with Crippen molar-refractivity contribution >= 4 is 16.7 Å². The minimum absolute atomic E-state index is 0.0390. The van der Waals surface area contributed by atoms with Gasteiger partial charge in [-0.2, -0.15) is 0 Å². The van der Waals surface area contributed by atoms with E-state index in [4.69, 9.17) is 9.47 Å². The van der Waals surface area contributed by atoms with Crippen molar-refractivity contribution in [3.63, 3.8) is 0 Å². The predicted molar refractivity (Wildman–Crippen MR) is 79.8 cm³/mol. The second kappa shape index (κ2) is 4.38. The van der Waals surface area contributed by atoms with Crippen molar-refractivity contribution in [2.24, 2.45) is 0 Å². The zero-order valence-corrected chi connectivity index (χ0v) is 11.9. The number of nitrogens with one attached hydrogen (secondary N) is 1. The van der Waals surface area contributed by atoms with Gasteiger partial charge in [-0.05, 0) is 36.4 Å². The Morgan fingerprint density at radius 2 is 1.95 bits per heavy atom. The Morgan fingerprint density at radius 3 is 2.71 bits per heavy atom. The van der Waals surface area contributed by atoms with Gasteiger partial charge in [-0.25, -0.2) is 0 Å². The van der Waals surface area contributed by atoms with Gasteiger partial charge in [-0.1, -0.05) is 12.1 Å². The van der Waals surface area contributed by atoms with E-state index in [9.17, 15) is 4.79 Å². The molecule has 1 aliphatic carbocycles. The summed E-state index contributed by atoms with van der Waals surface area (Å²) in [7, 11) is 1.64. The first-order chi connectivity index (χ1) is 10.2. The number of carbonyl (C=O) groups excluding carboxylic acids is 1. The minimum Gasteiger partial charge on any atom is -0.497 e. The Hall–Kier alpha value is -2.23. The highest BCUT2D eigenvalue weighted by molar-refractivity contribution is 6.05. The van der Waals surface area contributed by atoms with Crippen LogP contribution in [0.15, 0.2) is 30.3 Å². The zero-order valence-electron chi connectivity index (χ0n) is 11.9. The molecule has 4 rings (SSSR count). The lowest BCUT2D eigenvalue weighted by atomic mass is 10.0. The number of methoxy groups -OCH3 is 1. The van der Waals surface area contributed by atoms with Crippen molar-refractivity contribution < 1.29 is 14.3 Å². The molecule has 1 spiro atoms. The fourth-order valence-electron chi connectivity index (χ4n) is 3.36. The number of hydrogen-bond acceptors (Lipinski definition) is 3. The molecule has 0 bridgehead atoms. The molecule has 108 valence electrons. The molecule has 1 N–H and O–H groups in total. The quantitative estimate of drug-likeness (QED) is 0.874. The van der Waals surface area contributed by atoms with E-state index >= 15 is 0 Å². The summed E-state index contributed by atoms with van der Waals surface area (Å²) in [6.45, 7) is 0. The highest BCUT2D eigenvalue weighted by Gasteiger charge is 2.42. The van der Waals surface area contributed by atoms with Crippen LogP contribution < -0.4 is 14.8 Å². The monoisotopic (exact) mass is 283 g/mol. The Labute approximate surface area is 123 Å². The largest absolute Gasteiger partial charge is 0.497 e. The lowest BCUT2D eigenvalue weighted by molar-refractivity contribution is 0.0247. The molecular formula is C17H17NO3. The average molecular weight is 283 g/mol. The van der Waals surface area contributed by atoms with Crippen LogP contribution in [0.5, 0.6) is 11.5 Å². The highest BCUT2D eigenvalue weighted by Crippen LogP contribution is 2.41. The van der Waals surface area contributed by atoms with Gasteiger partial charge in [0.05, 0.1) is 12.7 Å². The van der Waals surface area contributed by atoms with Gasteiger partial charge in [0.2, 0.25) is 0 Å². The minimum atomic E-state index is -0.512. The number of ether oxygens (including phenoxy) is 2. The van der Waals surface area contributed by atoms with E-state index in [1.165, 1.54) is 0 Å². The Kier molecular flexibility index (Phi) is 2.61. The van der Waals surface area contributed by atoms with Gasteiger partial charge in [0.15, 0.2) is 5.72 Å². The Bertz CT molecular complexity index is 732. The molecule has 1 fully saturated rings. The van der Waals surface area contributed by atoms with Crippen molar-refractivity contribution in [2.75, 3.05) is 7.11 Å². The fraction of sp³-hybridized carbons (Fsp3) is 0.353. The van der Waals surface area contributed by atoms with Crippen LogP contribution in [0.4, 0.5) is 0 Å². The van der Waals surface area contributed by atoms with E-state index in [2.05, 4.69) is 5.32 Å². The first-order valence-electron chi connectivity index (χ1n) is 7.33. The normalized spacial score (nSPS) is 19.2. The number of benzene rings is 2. The standard InChI is InChI=1S/C17H17NO3/c1-20-12-6-4-11-5-7-13-15(14(11)10-12)21-17(18-16(13)19)8-2-3-9-17/h4-7,10H,2-3,8-9H2,1H3,(H,18,19). The molecular weight excluding hydrogens is 266 g/mol. The molecule has 21 heavy (non-hydrogen) atoms. The summed E-state index contributed by atoms with van der Waals surface area (Å²) in [6, 6.07) is 9.63. The summed E-state index contributed by atoms with van der Waals surface area (Å²) in [4.78, 5) is 12.4. The maximum Gasteiger partial charge on any atom is 0.258 e. The zero-order chi connectivity index (χ0) is 14.4. The molecule has 4 nitrogen and oxygen atoms in total. The smallest absolute Gasteiger partial charge is 0.258 e. The Balaban J connectivity index is 1.93. The van der Waals surface area contributed by atoms with Gasteiger partial charge in [0, 0.05) is 18.2 Å². The topological polar surface area (TPSA) is 47.6 Å². The van der Waals surface area contributed by atoms with Crippen LogP contribution in [0, 0.1) is 0 Å². The lowest BCUT2D eigenvalue weighted by Gasteiger charge is -2.36. The third-order valence-corrected chi connectivity index (χ3v) is 4.47. The van der Waals surface area contributed by atoms with E-state index in [1.807, 2.05) is 30.3 Å². The fourth-order valence-corrected chi connectivity index (χ4v) is 3.36. The molecule has 0 saturated heterocycles. The van der Waals surface area contributed by atoms with Crippen LogP contribution in [0.1, 0.15) is 36.0 Å². The maximum absolute atomic E-state index is 12.4. The summed E-state index contributed by atoms with van der Waals surface area (Å²) in [5.41, 5.74) is 0.0924. The van der Waals surface area contributed by atoms with Crippen molar-refractivity contribution in [3.05, 3.63) is 35.9 Å². The highest BCUT2D eigenvalue weighted by atomic mass is 16.5. The molecule has 1 amide bonds. The van der Waals surface area contributed by atoms with E-state index in [0.29, 0.717) is 11.3 Å².